The lowest BCUT2D eigenvalue weighted by atomic mass is 10.2. The molecule has 0 atom stereocenters. The van der Waals surface area contributed by atoms with Crippen molar-refractivity contribution in [2.24, 2.45) is 5.73 Å². The second-order valence-electron chi connectivity index (χ2n) is 4.40. The van der Waals surface area contributed by atoms with Gasteiger partial charge in [0.25, 0.3) is 5.91 Å². The van der Waals surface area contributed by atoms with Crippen molar-refractivity contribution in [3.8, 4) is 5.75 Å². The first-order valence-corrected chi connectivity index (χ1v) is 7.06. The highest BCUT2D eigenvalue weighted by Gasteiger charge is 2.16. The normalized spacial score (nSPS) is 10.5. The van der Waals surface area contributed by atoms with Crippen molar-refractivity contribution in [1.29, 1.82) is 0 Å². The van der Waals surface area contributed by atoms with Crippen LogP contribution in [0.5, 0.6) is 5.75 Å². The molecule has 0 aliphatic heterocycles. The Hall–Kier alpha value is -2.66. The number of para-hydroxylation sites is 1. The molecule has 4 nitrogen and oxygen atoms in total. The maximum Gasteiger partial charge on any atom is 0.353 e. The summed E-state index contributed by atoms with van der Waals surface area (Å²) in [4.78, 5) is 24.0. The summed E-state index contributed by atoms with van der Waals surface area (Å²) in [6, 6.07) is 15.9. The number of fused-ring (bicyclic) bond motifs is 1. The van der Waals surface area contributed by atoms with Crippen LogP contribution in [0.2, 0.25) is 0 Å². The van der Waals surface area contributed by atoms with Gasteiger partial charge in [-0.05, 0) is 29.7 Å². The Bertz CT molecular complexity index is 805. The zero-order chi connectivity index (χ0) is 14.8. The van der Waals surface area contributed by atoms with Crippen LogP contribution >= 0.6 is 11.3 Å². The van der Waals surface area contributed by atoms with E-state index in [4.69, 9.17) is 10.5 Å². The zero-order valence-electron chi connectivity index (χ0n) is 10.9. The van der Waals surface area contributed by atoms with Gasteiger partial charge in [0.05, 0.1) is 5.56 Å². The molecule has 0 spiro atoms. The molecule has 0 unspecified atom stereocenters. The summed E-state index contributed by atoms with van der Waals surface area (Å²) < 4.78 is 6.30. The fourth-order valence-corrected chi connectivity index (χ4v) is 2.93. The minimum absolute atomic E-state index is 0.174. The van der Waals surface area contributed by atoms with E-state index in [1.807, 2.05) is 24.3 Å². The number of carbonyl (C=O) groups excluding carboxylic acids is 2. The first-order valence-electron chi connectivity index (χ1n) is 6.25. The molecular formula is C16H11NO3S. The molecule has 3 rings (SSSR count). The van der Waals surface area contributed by atoms with Gasteiger partial charge in [-0.1, -0.05) is 30.3 Å². The largest absolute Gasteiger partial charge is 0.421 e. The van der Waals surface area contributed by atoms with Crippen molar-refractivity contribution in [2.45, 2.75) is 0 Å². The molecule has 5 heteroatoms. The lowest BCUT2D eigenvalue weighted by Crippen LogP contribution is -2.15. The molecule has 1 amide bonds. The predicted molar refractivity (Wildman–Crippen MR) is 81.7 cm³/mol. The minimum Gasteiger partial charge on any atom is -0.421 e. The lowest BCUT2D eigenvalue weighted by molar-refractivity contribution is 0.0738. The van der Waals surface area contributed by atoms with Crippen LogP contribution in [0.1, 0.15) is 20.0 Å². The van der Waals surface area contributed by atoms with Crippen LogP contribution in [-0.4, -0.2) is 11.9 Å². The van der Waals surface area contributed by atoms with Gasteiger partial charge in [-0.3, -0.25) is 4.79 Å². The Kier molecular flexibility index (Phi) is 3.41. The van der Waals surface area contributed by atoms with Crippen LogP contribution in [0.25, 0.3) is 10.1 Å². The van der Waals surface area contributed by atoms with Crippen LogP contribution in [0.4, 0.5) is 0 Å². The van der Waals surface area contributed by atoms with E-state index in [0.29, 0.717) is 4.88 Å². The highest BCUT2D eigenvalue weighted by molar-refractivity contribution is 7.20. The second-order valence-corrected chi connectivity index (χ2v) is 5.48. The minimum atomic E-state index is -0.630. The van der Waals surface area contributed by atoms with E-state index >= 15 is 0 Å². The first-order chi connectivity index (χ1) is 10.1. The van der Waals surface area contributed by atoms with Crippen molar-refractivity contribution < 1.29 is 14.3 Å². The highest BCUT2D eigenvalue weighted by atomic mass is 32.1. The van der Waals surface area contributed by atoms with Crippen LogP contribution in [0, 0.1) is 0 Å². The Morgan fingerprint density at radius 3 is 2.48 bits per heavy atom. The van der Waals surface area contributed by atoms with Crippen molar-refractivity contribution in [1.82, 2.24) is 0 Å². The van der Waals surface area contributed by atoms with Crippen LogP contribution in [0.3, 0.4) is 0 Å². The highest BCUT2D eigenvalue weighted by Crippen LogP contribution is 2.27. The van der Waals surface area contributed by atoms with E-state index in [1.54, 1.807) is 24.3 Å². The van der Waals surface area contributed by atoms with Crippen LogP contribution in [-0.2, 0) is 0 Å². The van der Waals surface area contributed by atoms with Gasteiger partial charge in [-0.25, -0.2) is 4.79 Å². The van der Waals surface area contributed by atoms with E-state index in [2.05, 4.69) is 0 Å². The van der Waals surface area contributed by atoms with E-state index in [-0.39, 0.29) is 11.3 Å². The van der Waals surface area contributed by atoms with Gasteiger partial charge in [-0.2, -0.15) is 0 Å². The summed E-state index contributed by atoms with van der Waals surface area (Å²) in [5, 5.41) is 0.984. The van der Waals surface area contributed by atoms with Crippen molar-refractivity contribution in [3.05, 3.63) is 65.0 Å². The fourth-order valence-electron chi connectivity index (χ4n) is 1.99. The molecular weight excluding hydrogens is 286 g/mol. The summed E-state index contributed by atoms with van der Waals surface area (Å²) in [7, 11) is 0. The third kappa shape index (κ3) is 2.64. The summed E-state index contributed by atoms with van der Waals surface area (Å²) in [6.07, 6.45) is 0. The van der Waals surface area contributed by atoms with Gasteiger partial charge < -0.3 is 10.5 Å². The number of primary amides is 1. The molecule has 2 N–H and O–H groups in total. The molecule has 3 aromatic rings. The number of rotatable bonds is 3. The quantitative estimate of drug-likeness (QED) is 0.596. The fraction of sp³-hybridized carbons (Fsp3) is 0. The van der Waals surface area contributed by atoms with E-state index < -0.39 is 11.9 Å². The SMILES string of the molecule is NC(=O)c1ccccc1OC(=O)c1cc2ccccc2s1. The van der Waals surface area contributed by atoms with Crippen molar-refractivity contribution in [3.63, 3.8) is 0 Å². The molecule has 0 radical (unpaired) electrons. The van der Waals surface area contributed by atoms with Gasteiger partial charge in [0.15, 0.2) is 0 Å². The molecule has 0 aliphatic rings. The van der Waals surface area contributed by atoms with Gasteiger partial charge in [0.1, 0.15) is 10.6 Å². The number of carbonyl (C=O) groups is 2. The number of hydrogen-bond donors (Lipinski definition) is 1. The average Bonchev–Trinajstić information content (AvgIpc) is 2.91. The topological polar surface area (TPSA) is 69.4 Å². The molecule has 0 fully saturated rings. The van der Waals surface area contributed by atoms with Gasteiger partial charge in [0, 0.05) is 4.70 Å². The van der Waals surface area contributed by atoms with Gasteiger partial charge >= 0.3 is 5.97 Å². The maximum atomic E-state index is 12.2. The second kappa shape index (κ2) is 5.38. The van der Waals surface area contributed by atoms with E-state index in [1.165, 1.54) is 17.4 Å². The average molecular weight is 297 g/mol. The van der Waals surface area contributed by atoms with E-state index in [0.717, 1.165) is 10.1 Å². The smallest absolute Gasteiger partial charge is 0.353 e. The van der Waals surface area contributed by atoms with Crippen molar-refractivity contribution >= 4 is 33.3 Å². The number of ether oxygens (including phenoxy) is 1. The zero-order valence-corrected chi connectivity index (χ0v) is 11.7. The van der Waals surface area contributed by atoms with E-state index in [9.17, 15) is 9.59 Å². The number of nitrogens with two attached hydrogens (primary N) is 1. The Morgan fingerprint density at radius 2 is 1.71 bits per heavy atom. The van der Waals surface area contributed by atoms with Crippen LogP contribution in [0.15, 0.2) is 54.6 Å². The van der Waals surface area contributed by atoms with Crippen LogP contribution < -0.4 is 10.5 Å². The molecule has 2 aromatic carbocycles. The Morgan fingerprint density at radius 1 is 1.00 bits per heavy atom. The predicted octanol–water partition coefficient (Wildman–Crippen LogP) is 3.22. The summed E-state index contributed by atoms with van der Waals surface area (Å²) in [5.41, 5.74) is 5.45. The molecule has 0 saturated carbocycles. The monoisotopic (exact) mass is 297 g/mol. The number of hydrogen-bond acceptors (Lipinski definition) is 4. The maximum absolute atomic E-state index is 12.2. The number of thiophene rings is 1. The van der Waals surface area contributed by atoms with Gasteiger partial charge in [0.2, 0.25) is 0 Å². The number of esters is 1. The third-order valence-electron chi connectivity index (χ3n) is 2.98. The molecule has 0 bridgehead atoms. The molecule has 0 aliphatic carbocycles. The van der Waals surface area contributed by atoms with Crippen molar-refractivity contribution in [2.75, 3.05) is 0 Å². The van der Waals surface area contributed by atoms with Gasteiger partial charge in [-0.15, -0.1) is 11.3 Å². The number of benzene rings is 2. The summed E-state index contributed by atoms with van der Waals surface area (Å²) >= 11 is 1.35. The lowest BCUT2D eigenvalue weighted by Gasteiger charge is -2.06. The Labute approximate surface area is 124 Å². The summed E-state index contributed by atoms with van der Waals surface area (Å²) in [6.45, 7) is 0. The summed E-state index contributed by atoms with van der Waals surface area (Å²) in [5.74, 6) is -0.952. The molecule has 1 aromatic heterocycles. The number of amides is 1. The molecule has 0 saturated heterocycles. The first kappa shape index (κ1) is 13.3. The Balaban J connectivity index is 1.91. The molecule has 1 heterocycles. The molecule has 21 heavy (non-hydrogen) atoms. The molecule has 104 valence electrons. The standard InChI is InChI=1S/C16H11NO3S/c17-15(18)11-6-2-3-7-12(11)20-16(19)14-9-10-5-1-4-8-13(10)21-14/h1-9H,(H2,17,18). The third-order valence-corrected chi connectivity index (χ3v) is 4.08.